The Bertz CT molecular complexity index is 1900. The Hall–Kier alpha value is -4.84. The molecule has 2 N–H and O–H groups in total. The second-order valence-electron chi connectivity index (χ2n) is 16.0. The number of ether oxygens (including phenoxy) is 3. The number of nitrogens with zero attached hydrogens (tertiary/aromatic N) is 4. The third kappa shape index (κ3) is 12.3. The number of hydrogen-bond acceptors (Lipinski definition) is 9. The summed E-state index contributed by atoms with van der Waals surface area (Å²) in [6, 6.07) is 0. The van der Waals surface area contributed by atoms with Crippen LogP contribution in [-0.4, -0.2) is 78.9 Å². The molecule has 11 heteroatoms. The summed E-state index contributed by atoms with van der Waals surface area (Å²) in [6.45, 7) is 11.2. The summed E-state index contributed by atoms with van der Waals surface area (Å²) in [4.78, 5) is 36.2. The van der Waals surface area contributed by atoms with Crippen LogP contribution in [0.3, 0.4) is 0 Å². The Kier molecular flexibility index (Phi) is 16.2. The molecule has 4 bridgehead atoms. The third-order valence-corrected chi connectivity index (χ3v) is 10.9. The molecule has 0 saturated heterocycles. The van der Waals surface area contributed by atoms with Crippen molar-refractivity contribution in [3.63, 3.8) is 0 Å². The van der Waals surface area contributed by atoms with E-state index in [0.717, 1.165) is 6.42 Å². The lowest BCUT2D eigenvalue weighted by Crippen LogP contribution is -2.42. The zero-order chi connectivity index (χ0) is 41.8. The number of rotatable bonds is 7. The molecule has 0 aromatic carbocycles. The van der Waals surface area contributed by atoms with Crippen LogP contribution in [0.2, 0.25) is 0 Å². The fourth-order valence-corrected chi connectivity index (χ4v) is 6.57. The van der Waals surface area contributed by atoms with E-state index in [1.165, 1.54) is 0 Å². The highest BCUT2D eigenvalue weighted by atomic mass is 16.6. The largest absolute Gasteiger partial charge is 0.457 e. The van der Waals surface area contributed by atoms with Crippen molar-refractivity contribution >= 4 is 18.0 Å². The Morgan fingerprint density at radius 3 is 1.91 bits per heavy atom. The van der Waals surface area contributed by atoms with Gasteiger partial charge in [0.1, 0.15) is 23.9 Å². The maximum absolute atomic E-state index is 13.6. The summed E-state index contributed by atoms with van der Waals surface area (Å²) in [6.07, 6.45) is 32.6. The van der Waals surface area contributed by atoms with E-state index in [4.69, 9.17) is 14.2 Å². The number of aryl methyl sites for hydroxylation is 2. The minimum atomic E-state index is -0.844. The molecule has 4 rings (SSSR count). The maximum atomic E-state index is 13.6. The van der Waals surface area contributed by atoms with Crippen LogP contribution >= 0.6 is 0 Å². The molecule has 1 aliphatic heterocycles. The molecule has 0 spiro atoms. The average Bonchev–Trinajstić information content (AvgIpc) is 3.65. The van der Waals surface area contributed by atoms with E-state index in [9.17, 15) is 19.8 Å². The first-order valence-corrected chi connectivity index (χ1v) is 19.8. The van der Waals surface area contributed by atoms with Crippen molar-refractivity contribution in [1.82, 2.24) is 19.1 Å². The number of cyclic esters (lactones) is 2. The van der Waals surface area contributed by atoms with Gasteiger partial charge in [0.2, 0.25) is 0 Å². The van der Waals surface area contributed by atoms with Crippen LogP contribution in [0.4, 0.5) is 0 Å². The molecule has 3 heterocycles. The highest BCUT2D eigenvalue weighted by Crippen LogP contribution is 2.41. The van der Waals surface area contributed by atoms with E-state index in [1.807, 2.05) is 116 Å². The summed E-state index contributed by atoms with van der Waals surface area (Å²) >= 11 is 0. The van der Waals surface area contributed by atoms with E-state index in [2.05, 4.69) is 22.1 Å². The number of methoxy groups -OCH3 is 1. The van der Waals surface area contributed by atoms with Crippen LogP contribution in [0.1, 0.15) is 93.4 Å². The Morgan fingerprint density at radius 1 is 0.754 bits per heavy atom. The van der Waals surface area contributed by atoms with Crippen molar-refractivity contribution in [2.45, 2.75) is 97.7 Å². The quantitative estimate of drug-likeness (QED) is 0.215. The van der Waals surface area contributed by atoms with Crippen LogP contribution in [-0.2, 0) is 34.7 Å². The van der Waals surface area contributed by atoms with E-state index in [1.54, 1.807) is 52.9 Å². The number of aliphatic hydroxyl groups is 2. The van der Waals surface area contributed by atoms with Crippen LogP contribution < -0.4 is 0 Å². The first-order valence-electron chi connectivity index (χ1n) is 19.8. The molecule has 0 unspecified atom stereocenters. The van der Waals surface area contributed by atoms with Gasteiger partial charge >= 0.3 is 11.9 Å². The number of aromatic nitrogens is 4. The van der Waals surface area contributed by atoms with Crippen molar-refractivity contribution in [3.05, 3.63) is 127 Å². The third-order valence-electron chi connectivity index (χ3n) is 10.9. The summed E-state index contributed by atoms with van der Waals surface area (Å²) < 4.78 is 21.4. The molecule has 2 aromatic heterocycles. The van der Waals surface area contributed by atoms with Crippen molar-refractivity contribution in [3.8, 4) is 0 Å². The van der Waals surface area contributed by atoms with Crippen LogP contribution in [0.15, 0.2) is 104 Å². The van der Waals surface area contributed by atoms with Gasteiger partial charge in [0.15, 0.2) is 11.4 Å². The summed E-state index contributed by atoms with van der Waals surface area (Å²) in [5.41, 5.74) is -1.20. The van der Waals surface area contributed by atoms with Crippen LogP contribution in [0, 0.1) is 22.7 Å². The monoisotopic (exact) mass is 782 g/mol. The Labute approximate surface area is 338 Å². The number of carbonyl (C=O) groups is 2. The zero-order valence-corrected chi connectivity index (χ0v) is 35.0. The topological polar surface area (TPSA) is 138 Å². The molecule has 0 amide bonds. The van der Waals surface area contributed by atoms with Crippen molar-refractivity contribution in [2.24, 2.45) is 36.8 Å². The maximum Gasteiger partial charge on any atom is 0.358 e. The molecule has 7 atom stereocenters. The van der Waals surface area contributed by atoms with Crippen molar-refractivity contribution < 1.29 is 34.0 Å². The lowest BCUT2D eigenvalue weighted by atomic mass is 9.79. The fourth-order valence-electron chi connectivity index (χ4n) is 6.57. The predicted molar refractivity (Wildman–Crippen MR) is 224 cm³/mol. The molecule has 0 radical (unpaired) electrons. The van der Waals surface area contributed by atoms with Gasteiger partial charge in [-0.15, -0.1) is 0 Å². The van der Waals surface area contributed by atoms with Gasteiger partial charge in [-0.05, 0) is 38.2 Å². The number of imidazole rings is 2. The zero-order valence-electron chi connectivity index (χ0n) is 35.0. The highest BCUT2D eigenvalue weighted by Gasteiger charge is 2.40. The number of aliphatic hydroxyl groups excluding tert-OH is 2. The van der Waals surface area contributed by atoms with E-state index in [0.29, 0.717) is 42.7 Å². The molecule has 57 heavy (non-hydrogen) atoms. The molecule has 308 valence electrons. The van der Waals surface area contributed by atoms with Gasteiger partial charge < -0.3 is 33.6 Å². The number of allylic oxidation sites excluding steroid dienone is 10. The van der Waals surface area contributed by atoms with Gasteiger partial charge in [-0.1, -0.05) is 119 Å². The minimum Gasteiger partial charge on any atom is -0.457 e. The standard InChI is InChI=1S/C46H62N4O7/c1-10-20-37(51)45(3,4)39-25-16-14-12-13-15-24-34(55-9)29-42-48-36(31-50(42)8)44(54)57-40(46(5,6)38(52)21-11-2)26-19-23-33-28-32(33)22-17-18-27-41-47-35(30-49(41)7)43(53)56-39/h10-24,27,30-34,37-40,51-52H,25-26,28-29H2,1-9H3/b13-12-,16-14-,20-10+,21-11+,22-17+,23-19-,24-15+,27-18-/t32-,33+,34+,37+,38+,39+,40+/m1/s1. The van der Waals surface area contributed by atoms with E-state index < -0.39 is 47.2 Å². The molecular weight excluding hydrogens is 721 g/mol. The summed E-state index contributed by atoms with van der Waals surface area (Å²) in [7, 11) is 5.27. The molecule has 11 nitrogen and oxygen atoms in total. The predicted octanol–water partition coefficient (Wildman–Crippen LogP) is 7.61. The Balaban J connectivity index is 1.62. The molecule has 1 fully saturated rings. The molecule has 1 aliphatic carbocycles. The normalized spacial score (nSPS) is 27.7. The molecule has 2 aromatic rings. The number of carbonyl (C=O) groups excluding carboxylic acids is 2. The summed E-state index contributed by atoms with van der Waals surface area (Å²) in [5, 5.41) is 22.0. The average molecular weight is 783 g/mol. The Morgan fingerprint density at radius 2 is 1.30 bits per heavy atom. The van der Waals surface area contributed by atoms with Crippen LogP contribution in [0.5, 0.6) is 0 Å². The lowest BCUT2D eigenvalue weighted by Gasteiger charge is -2.36. The molecule has 1 saturated carbocycles. The lowest BCUT2D eigenvalue weighted by molar-refractivity contribution is -0.0461. The van der Waals surface area contributed by atoms with Gasteiger partial charge in [0, 0.05) is 63.7 Å². The van der Waals surface area contributed by atoms with Gasteiger partial charge in [0.05, 0.1) is 18.3 Å². The second kappa shape index (κ2) is 20.5. The number of fused-ring (bicyclic) bond motifs is 5. The van der Waals surface area contributed by atoms with E-state index in [-0.39, 0.29) is 17.5 Å². The smallest absolute Gasteiger partial charge is 0.358 e. The van der Waals surface area contributed by atoms with Gasteiger partial charge in [0.25, 0.3) is 0 Å². The molecule has 2 aliphatic rings. The fraction of sp³-hybridized carbons (Fsp3) is 0.478. The molecular formula is C46H62N4O7. The highest BCUT2D eigenvalue weighted by molar-refractivity contribution is 5.88. The summed E-state index contributed by atoms with van der Waals surface area (Å²) in [5.74, 6) is 0.848. The van der Waals surface area contributed by atoms with Gasteiger partial charge in [-0.2, -0.15) is 0 Å². The van der Waals surface area contributed by atoms with E-state index >= 15 is 0 Å². The van der Waals surface area contributed by atoms with Crippen molar-refractivity contribution in [2.75, 3.05) is 7.11 Å². The first-order chi connectivity index (χ1) is 27.1. The SMILES string of the molecule is C/C=C/[C@H](O)C(C)(C)[C@@H]1C\C=C/C=C\C=C\[C@H](OC)Cc2nc(cn2C)C(=O)O[C@H](C(C)(C)[C@@H](O)/C=C/C)C/C=C\[C@H]2C[C@H]2/C=C/C=C\c2nc(cn2C)C(=O)O1. The number of hydrogen-bond donors (Lipinski definition) is 2. The number of esters is 2. The van der Waals surface area contributed by atoms with Gasteiger partial charge in [-0.25, -0.2) is 19.6 Å². The first kappa shape index (κ1) is 44.9. The van der Waals surface area contributed by atoms with Crippen molar-refractivity contribution in [1.29, 1.82) is 0 Å². The second-order valence-corrected chi connectivity index (χ2v) is 16.0. The van der Waals surface area contributed by atoms with Crippen LogP contribution in [0.25, 0.3) is 6.08 Å². The minimum absolute atomic E-state index is 0.184. The van der Waals surface area contributed by atoms with Gasteiger partial charge in [-0.3, -0.25) is 0 Å².